The standard InChI is InChI=1S/C13H16N2O/c1-3-16-11(2)15-10-13(9-14-15)12-7-5-4-6-8-12/h4-11H,3H2,1-2H3. The maximum Gasteiger partial charge on any atom is 0.147 e. The molecule has 1 unspecified atom stereocenters. The Labute approximate surface area is 95.7 Å². The van der Waals surface area contributed by atoms with E-state index in [9.17, 15) is 0 Å². The van der Waals surface area contributed by atoms with E-state index in [2.05, 4.69) is 17.2 Å². The van der Waals surface area contributed by atoms with Crippen molar-refractivity contribution >= 4 is 0 Å². The van der Waals surface area contributed by atoms with E-state index in [1.807, 2.05) is 49.1 Å². The van der Waals surface area contributed by atoms with Gasteiger partial charge in [0.15, 0.2) is 0 Å². The first-order valence-electron chi connectivity index (χ1n) is 5.52. The minimum atomic E-state index is -0.0116. The molecule has 2 aromatic rings. The summed E-state index contributed by atoms with van der Waals surface area (Å²) in [6.07, 6.45) is 3.86. The number of rotatable bonds is 4. The van der Waals surface area contributed by atoms with Crippen LogP contribution in [0.15, 0.2) is 42.7 Å². The van der Waals surface area contributed by atoms with Gasteiger partial charge in [0, 0.05) is 18.4 Å². The zero-order chi connectivity index (χ0) is 11.4. The molecule has 0 aliphatic heterocycles. The van der Waals surface area contributed by atoms with Gasteiger partial charge in [0.25, 0.3) is 0 Å². The lowest BCUT2D eigenvalue weighted by Gasteiger charge is -2.11. The van der Waals surface area contributed by atoms with E-state index in [0.29, 0.717) is 6.61 Å². The summed E-state index contributed by atoms with van der Waals surface area (Å²) in [7, 11) is 0. The molecule has 0 amide bonds. The van der Waals surface area contributed by atoms with Crippen LogP contribution in [0.5, 0.6) is 0 Å². The Kier molecular flexibility index (Phi) is 3.37. The lowest BCUT2D eigenvalue weighted by Crippen LogP contribution is -2.09. The molecule has 1 heterocycles. The molecule has 16 heavy (non-hydrogen) atoms. The third-order valence-corrected chi connectivity index (χ3v) is 2.49. The second-order valence-electron chi connectivity index (χ2n) is 3.63. The first-order chi connectivity index (χ1) is 7.81. The highest BCUT2D eigenvalue weighted by atomic mass is 16.5. The highest BCUT2D eigenvalue weighted by Crippen LogP contribution is 2.19. The van der Waals surface area contributed by atoms with E-state index in [4.69, 9.17) is 4.74 Å². The van der Waals surface area contributed by atoms with Crippen molar-refractivity contribution in [1.82, 2.24) is 9.78 Å². The molecular weight excluding hydrogens is 200 g/mol. The zero-order valence-electron chi connectivity index (χ0n) is 9.63. The molecular formula is C13H16N2O. The Balaban J connectivity index is 2.20. The Bertz CT molecular complexity index is 436. The van der Waals surface area contributed by atoms with Gasteiger partial charge in [0.05, 0.1) is 6.20 Å². The SMILES string of the molecule is CCOC(C)n1cc(-c2ccccc2)cn1. The summed E-state index contributed by atoms with van der Waals surface area (Å²) >= 11 is 0. The molecule has 0 saturated carbocycles. The van der Waals surface area contributed by atoms with Crippen molar-refractivity contribution in [3.05, 3.63) is 42.7 Å². The Morgan fingerprint density at radius 1 is 1.25 bits per heavy atom. The van der Waals surface area contributed by atoms with E-state index in [0.717, 1.165) is 5.56 Å². The molecule has 0 fully saturated rings. The monoisotopic (exact) mass is 216 g/mol. The number of hydrogen-bond donors (Lipinski definition) is 0. The molecule has 3 heteroatoms. The van der Waals surface area contributed by atoms with Crippen molar-refractivity contribution in [3.63, 3.8) is 0 Å². The summed E-state index contributed by atoms with van der Waals surface area (Å²) in [5.41, 5.74) is 2.30. The summed E-state index contributed by atoms with van der Waals surface area (Å²) < 4.78 is 7.32. The predicted molar refractivity (Wildman–Crippen MR) is 64.0 cm³/mol. The van der Waals surface area contributed by atoms with E-state index in [-0.39, 0.29) is 6.23 Å². The number of nitrogens with zero attached hydrogens (tertiary/aromatic N) is 2. The third-order valence-electron chi connectivity index (χ3n) is 2.49. The van der Waals surface area contributed by atoms with Gasteiger partial charge in [0.2, 0.25) is 0 Å². The molecule has 0 radical (unpaired) electrons. The Morgan fingerprint density at radius 2 is 2.00 bits per heavy atom. The second kappa shape index (κ2) is 4.94. The van der Waals surface area contributed by atoms with Crippen molar-refractivity contribution in [2.75, 3.05) is 6.61 Å². The van der Waals surface area contributed by atoms with E-state index < -0.39 is 0 Å². The molecule has 1 atom stereocenters. The molecule has 2 rings (SSSR count). The van der Waals surface area contributed by atoms with Crippen LogP contribution < -0.4 is 0 Å². The fourth-order valence-electron chi connectivity index (χ4n) is 1.63. The van der Waals surface area contributed by atoms with Crippen LogP contribution in [0.25, 0.3) is 11.1 Å². The van der Waals surface area contributed by atoms with Gasteiger partial charge in [-0.2, -0.15) is 5.10 Å². The van der Waals surface area contributed by atoms with Crippen molar-refractivity contribution < 1.29 is 4.74 Å². The molecule has 84 valence electrons. The quantitative estimate of drug-likeness (QED) is 0.785. The highest BCUT2D eigenvalue weighted by Gasteiger charge is 2.06. The van der Waals surface area contributed by atoms with Gasteiger partial charge in [-0.25, -0.2) is 4.68 Å². The number of hydrogen-bond acceptors (Lipinski definition) is 2. The van der Waals surface area contributed by atoms with Crippen LogP contribution in [0.3, 0.4) is 0 Å². The second-order valence-corrected chi connectivity index (χ2v) is 3.63. The average molecular weight is 216 g/mol. The maximum atomic E-state index is 5.48. The van der Waals surface area contributed by atoms with Gasteiger partial charge in [-0.1, -0.05) is 30.3 Å². The lowest BCUT2D eigenvalue weighted by atomic mass is 10.1. The lowest BCUT2D eigenvalue weighted by molar-refractivity contribution is 0.0160. The van der Waals surface area contributed by atoms with Crippen LogP contribution in [0.1, 0.15) is 20.1 Å². The smallest absolute Gasteiger partial charge is 0.147 e. The predicted octanol–water partition coefficient (Wildman–Crippen LogP) is 3.11. The van der Waals surface area contributed by atoms with Crippen LogP contribution in [-0.4, -0.2) is 16.4 Å². The van der Waals surface area contributed by atoms with Crippen LogP contribution in [0.2, 0.25) is 0 Å². The summed E-state index contributed by atoms with van der Waals surface area (Å²) in [6.45, 7) is 4.67. The number of aromatic nitrogens is 2. The fourth-order valence-corrected chi connectivity index (χ4v) is 1.63. The minimum Gasteiger partial charge on any atom is -0.357 e. The highest BCUT2D eigenvalue weighted by molar-refractivity contribution is 5.61. The van der Waals surface area contributed by atoms with Gasteiger partial charge in [-0.05, 0) is 19.4 Å². The summed E-state index contributed by atoms with van der Waals surface area (Å²) in [5, 5.41) is 4.30. The van der Waals surface area contributed by atoms with Crippen LogP contribution in [-0.2, 0) is 4.74 Å². The van der Waals surface area contributed by atoms with Gasteiger partial charge in [-0.3, -0.25) is 0 Å². The largest absolute Gasteiger partial charge is 0.357 e. The summed E-state index contributed by atoms with van der Waals surface area (Å²) in [5.74, 6) is 0. The van der Waals surface area contributed by atoms with Crippen molar-refractivity contribution in [2.45, 2.75) is 20.1 Å². The fraction of sp³-hybridized carbons (Fsp3) is 0.308. The van der Waals surface area contributed by atoms with E-state index in [1.165, 1.54) is 5.56 Å². The van der Waals surface area contributed by atoms with E-state index in [1.54, 1.807) is 0 Å². The molecule has 0 N–H and O–H groups in total. The number of ether oxygens (including phenoxy) is 1. The summed E-state index contributed by atoms with van der Waals surface area (Å²) in [4.78, 5) is 0. The van der Waals surface area contributed by atoms with E-state index >= 15 is 0 Å². The van der Waals surface area contributed by atoms with Crippen LogP contribution in [0, 0.1) is 0 Å². The maximum absolute atomic E-state index is 5.48. The molecule has 0 aliphatic rings. The molecule has 0 saturated heterocycles. The van der Waals surface area contributed by atoms with Crippen molar-refractivity contribution in [1.29, 1.82) is 0 Å². The first-order valence-corrected chi connectivity index (χ1v) is 5.52. The normalized spacial score (nSPS) is 12.6. The van der Waals surface area contributed by atoms with Crippen molar-refractivity contribution in [2.24, 2.45) is 0 Å². The molecule has 0 aliphatic carbocycles. The molecule has 0 bridgehead atoms. The zero-order valence-corrected chi connectivity index (χ0v) is 9.63. The van der Waals surface area contributed by atoms with Crippen LogP contribution >= 0.6 is 0 Å². The third kappa shape index (κ3) is 2.31. The molecule has 3 nitrogen and oxygen atoms in total. The molecule has 1 aromatic carbocycles. The van der Waals surface area contributed by atoms with Gasteiger partial charge >= 0.3 is 0 Å². The number of benzene rings is 1. The average Bonchev–Trinajstić information content (AvgIpc) is 2.80. The van der Waals surface area contributed by atoms with Gasteiger partial charge in [-0.15, -0.1) is 0 Å². The van der Waals surface area contributed by atoms with Crippen molar-refractivity contribution in [3.8, 4) is 11.1 Å². The summed E-state index contributed by atoms with van der Waals surface area (Å²) in [6, 6.07) is 10.2. The Morgan fingerprint density at radius 3 is 2.69 bits per heavy atom. The molecule has 1 aromatic heterocycles. The topological polar surface area (TPSA) is 27.1 Å². The van der Waals surface area contributed by atoms with Gasteiger partial charge in [0.1, 0.15) is 6.23 Å². The molecule has 0 spiro atoms. The van der Waals surface area contributed by atoms with Crippen LogP contribution in [0.4, 0.5) is 0 Å². The Hall–Kier alpha value is -1.61. The van der Waals surface area contributed by atoms with Gasteiger partial charge < -0.3 is 4.74 Å². The first kappa shape index (κ1) is 10.9. The minimum absolute atomic E-state index is 0.0116.